The van der Waals surface area contributed by atoms with Crippen LogP contribution in [0.5, 0.6) is 5.75 Å². The number of carbonyl (C=O) groups is 2. The van der Waals surface area contributed by atoms with Gasteiger partial charge in [0.15, 0.2) is 23.5 Å². The van der Waals surface area contributed by atoms with Crippen LogP contribution in [0.2, 0.25) is 0 Å². The maximum Gasteiger partial charge on any atom is 0.285 e. The molecule has 0 radical (unpaired) electrons. The second-order valence-corrected chi connectivity index (χ2v) is 11.8. The lowest BCUT2D eigenvalue weighted by molar-refractivity contribution is -0.693. The molecule has 0 saturated carbocycles. The lowest BCUT2D eigenvalue weighted by Crippen LogP contribution is -2.49. The van der Waals surface area contributed by atoms with Gasteiger partial charge >= 0.3 is 0 Å². The summed E-state index contributed by atoms with van der Waals surface area (Å²) in [4.78, 5) is 29.1. The number of amides is 2. The third-order valence-electron chi connectivity index (χ3n) is 7.02. The zero-order valence-corrected chi connectivity index (χ0v) is 24.2. The second kappa shape index (κ2) is 12.5. The summed E-state index contributed by atoms with van der Waals surface area (Å²) >= 11 is 0. The number of benzene rings is 2. The number of hydrogen-bond acceptors (Lipinski definition) is 8. The summed E-state index contributed by atoms with van der Waals surface area (Å²) in [5.41, 5.74) is 1.40. The molecule has 3 heterocycles. The van der Waals surface area contributed by atoms with Crippen LogP contribution in [0.3, 0.4) is 0 Å². The van der Waals surface area contributed by atoms with Gasteiger partial charge in [0.2, 0.25) is 16.2 Å². The van der Waals surface area contributed by atoms with Crippen molar-refractivity contribution in [2.75, 3.05) is 31.1 Å². The predicted molar refractivity (Wildman–Crippen MR) is 156 cm³/mol. The van der Waals surface area contributed by atoms with Crippen molar-refractivity contribution in [1.29, 1.82) is 0 Å². The number of aryl methyl sites for hydroxylation is 1. The highest BCUT2D eigenvalue weighted by atomic mass is 32.2. The molecule has 2 aromatic heterocycles. The molecule has 4 aromatic rings. The van der Waals surface area contributed by atoms with Crippen LogP contribution in [-0.4, -0.2) is 66.6 Å². The summed E-state index contributed by atoms with van der Waals surface area (Å²) in [5, 5.41) is 17.9. The molecule has 1 aliphatic rings. The highest BCUT2D eigenvalue weighted by Crippen LogP contribution is 2.26. The van der Waals surface area contributed by atoms with E-state index in [0.29, 0.717) is 49.7 Å². The summed E-state index contributed by atoms with van der Waals surface area (Å²) in [7, 11) is -3.92. The summed E-state index contributed by atoms with van der Waals surface area (Å²) in [5.74, 6) is -1.60. The van der Waals surface area contributed by atoms with Gasteiger partial charge in [0.05, 0.1) is 11.3 Å². The van der Waals surface area contributed by atoms with E-state index in [1.54, 1.807) is 64.3 Å². The van der Waals surface area contributed by atoms with Crippen molar-refractivity contribution in [2.24, 2.45) is 0 Å². The van der Waals surface area contributed by atoms with Gasteiger partial charge in [0.25, 0.3) is 11.8 Å². The first-order valence-corrected chi connectivity index (χ1v) is 15.3. The van der Waals surface area contributed by atoms with Crippen LogP contribution in [0, 0.1) is 5.82 Å². The second-order valence-electron chi connectivity index (χ2n) is 10.0. The van der Waals surface area contributed by atoms with Gasteiger partial charge in [-0.1, -0.05) is 36.4 Å². The minimum absolute atomic E-state index is 0.0196. The molecule has 2 N–H and O–H groups in total. The molecule has 1 saturated heterocycles. The van der Waals surface area contributed by atoms with Crippen LogP contribution >= 0.6 is 0 Å². The predicted octanol–water partition coefficient (Wildman–Crippen LogP) is 2.52. The molecule has 0 bridgehead atoms. The number of nitrogens with one attached hydrogen (secondary N) is 1. The van der Waals surface area contributed by atoms with Gasteiger partial charge in [0, 0.05) is 43.4 Å². The van der Waals surface area contributed by atoms with Crippen molar-refractivity contribution in [3.63, 3.8) is 0 Å². The molecule has 1 fully saturated rings. The van der Waals surface area contributed by atoms with Crippen molar-refractivity contribution in [3.05, 3.63) is 102 Å². The van der Waals surface area contributed by atoms with E-state index in [9.17, 15) is 23.1 Å². The highest BCUT2D eigenvalue weighted by Gasteiger charge is 2.25. The van der Waals surface area contributed by atoms with Gasteiger partial charge in [-0.2, -0.15) is 0 Å². The van der Waals surface area contributed by atoms with E-state index in [1.165, 1.54) is 24.3 Å². The van der Waals surface area contributed by atoms with Crippen molar-refractivity contribution < 1.29 is 32.1 Å². The largest absolute Gasteiger partial charge is 0.503 e. The Morgan fingerprint density at radius 1 is 0.977 bits per heavy atom. The third-order valence-corrected chi connectivity index (χ3v) is 8.23. The number of piperazine rings is 1. The number of pyridine rings is 1. The van der Waals surface area contributed by atoms with Crippen LogP contribution < -0.4 is 14.2 Å². The average Bonchev–Trinajstić information content (AvgIpc) is 3.00. The Morgan fingerprint density at radius 2 is 1.72 bits per heavy atom. The Hall–Kier alpha value is -4.91. The molecule has 2 amide bonds. The molecule has 5 rings (SSSR count). The van der Waals surface area contributed by atoms with Crippen molar-refractivity contribution in [1.82, 2.24) is 19.8 Å². The van der Waals surface area contributed by atoms with Crippen LogP contribution in [0.25, 0.3) is 11.1 Å². The number of aromatic nitrogens is 3. The molecule has 13 heteroatoms. The Balaban J connectivity index is 1.17. The minimum Gasteiger partial charge on any atom is -0.503 e. The summed E-state index contributed by atoms with van der Waals surface area (Å²) < 4.78 is 43.5. The van der Waals surface area contributed by atoms with Crippen molar-refractivity contribution >= 4 is 27.7 Å². The quantitative estimate of drug-likeness (QED) is 0.293. The maximum absolute atomic E-state index is 15.0. The molecule has 43 heavy (non-hydrogen) atoms. The molecular weight excluding hydrogens is 575 g/mol. The van der Waals surface area contributed by atoms with Gasteiger partial charge in [-0.25, -0.2) is 22.1 Å². The van der Waals surface area contributed by atoms with Crippen molar-refractivity contribution in [2.45, 2.75) is 19.2 Å². The van der Waals surface area contributed by atoms with Crippen LogP contribution in [0.1, 0.15) is 33.3 Å². The lowest BCUT2D eigenvalue weighted by atomic mass is 10.0. The zero-order valence-electron chi connectivity index (χ0n) is 23.4. The molecule has 11 nitrogen and oxygen atoms in total. The van der Waals surface area contributed by atoms with E-state index in [1.807, 2.05) is 16.5 Å². The summed E-state index contributed by atoms with van der Waals surface area (Å²) in [6.45, 7) is 4.08. The van der Waals surface area contributed by atoms with E-state index in [2.05, 4.69) is 10.2 Å². The number of carbonyl (C=O) groups excluding carboxylic acids is 2. The normalized spacial score (nSPS) is 13.5. The first-order chi connectivity index (χ1) is 20.6. The number of halogens is 1. The van der Waals surface area contributed by atoms with E-state index < -0.39 is 21.7 Å². The van der Waals surface area contributed by atoms with Gasteiger partial charge in [0.1, 0.15) is 12.4 Å². The Kier molecular flexibility index (Phi) is 8.62. The lowest BCUT2D eigenvalue weighted by Gasteiger charge is -2.35. The SMILES string of the molecule is CC[n+]1cc(O)cc(-c2ccc(C(=O)N3CCN(c4ccc(C(=O)NS(=O)(=O)Cc5ccccc5)nn4)CC3)cc2F)c1. The number of nitrogens with zero attached hydrogens (tertiary/aromatic N) is 5. The fourth-order valence-electron chi connectivity index (χ4n) is 4.79. The van der Waals surface area contributed by atoms with Gasteiger partial charge in [-0.3, -0.25) is 9.59 Å². The number of anilines is 1. The summed E-state index contributed by atoms with van der Waals surface area (Å²) in [6.07, 6.45) is 3.28. The van der Waals surface area contributed by atoms with E-state index >= 15 is 4.39 Å². The molecule has 1 aliphatic heterocycles. The van der Waals surface area contributed by atoms with E-state index in [0.717, 1.165) is 0 Å². The smallest absolute Gasteiger partial charge is 0.285 e. The minimum atomic E-state index is -3.92. The maximum atomic E-state index is 15.0. The topological polar surface area (TPSA) is 137 Å². The first kappa shape index (κ1) is 29.6. The van der Waals surface area contributed by atoms with E-state index in [-0.39, 0.29) is 34.2 Å². The third kappa shape index (κ3) is 7.12. The molecule has 2 aromatic carbocycles. The summed E-state index contributed by atoms with van der Waals surface area (Å²) in [6, 6.07) is 17.3. The van der Waals surface area contributed by atoms with Gasteiger partial charge < -0.3 is 14.9 Å². The average molecular weight is 606 g/mol. The molecule has 222 valence electrons. The number of sulfonamides is 1. The highest BCUT2D eigenvalue weighted by molar-refractivity contribution is 7.89. The van der Waals surface area contributed by atoms with Gasteiger partial charge in [-0.15, -0.1) is 10.2 Å². The van der Waals surface area contributed by atoms with Crippen molar-refractivity contribution in [3.8, 4) is 16.9 Å². The zero-order chi connectivity index (χ0) is 30.6. The fraction of sp³-hybridized carbons (Fsp3) is 0.233. The standard InChI is InChI=1S/C30H29FN6O5S/c1-2-35-18-23(16-24(38)19-35)25-9-8-22(17-26(25)31)30(40)37-14-12-36(13-15-37)28-11-10-27(32-33-28)29(39)34-43(41,42)20-21-6-4-3-5-7-21/h3-11,16-19H,2,12-15,20H2,1H3,(H-,34,38,39)/p+1. The Labute approximate surface area is 248 Å². The van der Waals surface area contributed by atoms with Crippen LogP contribution in [-0.2, 0) is 22.3 Å². The number of hydrogen-bond donors (Lipinski definition) is 2. The molecule has 0 aliphatic carbocycles. The Morgan fingerprint density at radius 3 is 2.37 bits per heavy atom. The molecule has 0 spiro atoms. The number of rotatable bonds is 8. The Bertz CT molecular complexity index is 1750. The molecule has 0 unspecified atom stereocenters. The fourth-order valence-corrected chi connectivity index (χ4v) is 5.88. The van der Waals surface area contributed by atoms with Crippen LogP contribution in [0.4, 0.5) is 10.2 Å². The van der Waals surface area contributed by atoms with Gasteiger partial charge in [-0.05, 0) is 36.8 Å². The van der Waals surface area contributed by atoms with Crippen LogP contribution in [0.15, 0.2) is 79.1 Å². The number of aromatic hydroxyl groups is 1. The first-order valence-electron chi connectivity index (χ1n) is 13.6. The molecular formula is C30H30FN6O5S+. The monoisotopic (exact) mass is 605 g/mol. The molecule has 0 atom stereocenters. The van der Waals surface area contributed by atoms with E-state index in [4.69, 9.17) is 0 Å².